The lowest BCUT2D eigenvalue weighted by Crippen LogP contribution is -2.62. The molecular weight excluding hydrogens is 1260 g/mol. The monoisotopic (exact) mass is 1330 g/mol. The minimum atomic E-state index is -1.85. The van der Waals surface area contributed by atoms with Crippen molar-refractivity contribution in [3.63, 3.8) is 0 Å². The second-order valence-electron chi connectivity index (χ2n) is 20.5. The van der Waals surface area contributed by atoms with Crippen LogP contribution in [0.3, 0.4) is 0 Å². The molecule has 3 unspecified atom stereocenters. The van der Waals surface area contributed by atoms with Gasteiger partial charge in [-0.15, -0.1) is 0 Å². The van der Waals surface area contributed by atoms with Gasteiger partial charge in [-0.1, -0.05) is 107 Å². The minimum Gasteiger partial charge on any atom is -0.480 e. The number of halogens is 1. The van der Waals surface area contributed by atoms with Crippen molar-refractivity contribution in [2.75, 3.05) is 18.1 Å². The van der Waals surface area contributed by atoms with Gasteiger partial charge in [0, 0.05) is 51.4 Å². The first-order valence-corrected chi connectivity index (χ1v) is 31.1. The summed E-state index contributed by atoms with van der Waals surface area (Å²) >= 11 is 1.98. The maximum Gasteiger partial charge on any atom is 0.328 e. The van der Waals surface area contributed by atoms with Crippen molar-refractivity contribution in [2.24, 2.45) is 22.2 Å². The number of carboxylic acid groups (broad SMARTS) is 1. The fraction of sp³-hybridized carbons (Fsp3) is 0.379. The predicted octanol–water partition coefficient (Wildman–Crippen LogP) is 0.136. The zero-order valence-corrected chi connectivity index (χ0v) is 50.9. The SMILES string of the molecule is C[C@@H](O)C1NC(=O)[C@H](CCCCN)NC(=O)[C@H](Cc2c[nH]c3ccccc23)NC(=O)C(Cc2ccccc2)NC(=O)[C@@H](NC(=O)[C@@H](Cc2ccccc2)NC(=O)c2ccc(CN=C(N)N)cc2I)CSSCC(C(=O)N[C@H](C(=O)O)[C@@H](C)O)NC1=O. The number of unbranched alkanes of at least 4 members (excludes halogenated alkanes) is 1. The van der Waals surface area contributed by atoms with Crippen LogP contribution in [0.5, 0.6) is 0 Å². The van der Waals surface area contributed by atoms with Crippen molar-refractivity contribution in [1.82, 2.24) is 47.5 Å². The summed E-state index contributed by atoms with van der Waals surface area (Å²) in [4.78, 5) is 136. The summed E-state index contributed by atoms with van der Waals surface area (Å²) < 4.78 is 0.509. The molecule has 1 fully saturated rings. The Labute approximate surface area is 517 Å². The third-order valence-corrected chi connectivity index (χ3v) is 17.1. The van der Waals surface area contributed by atoms with Gasteiger partial charge in [0.05, 0.1) is 24.3 Å². The number of nitrogens with zero attached hydrogens (tertiary/aromatic N) is 1. The van der Waals surface area contributed by atoms with Crippen LogP contribution < -0.4 is 59.7 Å². The number of aliphatic hydroxyl groups is 2. The Morgan fingerprint density at radius 2 is 1.33 bits per heavy atom. The van der Waals surface area contributed by atoms with Crippen LogP contribution in [0, 0.1) is 3.57 Å². The van der Waals surface area contributed by atoms with E-state index in [-0.39, 0.29) is 61.8 Å². The molecule has 18 N–H and O–H groups in total. The first kappa shape index (κ1) is 67.4. The van der Waals surface area contributed by atoms with Gasteiger partial charge >= 0.3 is 5.97 Å². The molecule has 1 aromatic heterocycles. The predicted molar refractivity (Wildman–Crippen MR) is 335 cm³/mol. The van der Waals surface area contributed by atoms with Gasteiger partial charge in [0.15, 0.2) is 12.0 Å². The second-order valence-corrected chi connectivity index (χ2v) is 24.2. The van der Waals surface area contributed by atoms with E-state index < -0.39 is 114 Å². The molecule has 2 heterocycles. The lowest BCUT2D eigenvalue weighted by Gasteiger charge is -2.29. The van der Waals surface area contributed by atoms with E-state index in [4.69, 9.17) is 17.2 Å². The zero-order valence-electron chi connectivity index (χ0n) is 47.1. The highest BCUT2D eigenvalue weighted by molar-refractivity contribution is 14.1. The second kappa shape index (κ2) is 33.2. The number of carbonyl (C=O) groups is 9. The largest absolute Gasteiger partial charge is 0.480 e. The van der Waals surface area contributed by atoms with Crippen LogP contribution in [0.25, 0.3) is 10.9 Å². The summed E-state index contributed by atoms with van der Waals surface area (Å²) in [7, 11) is 1.81. The number of hydrogen-bond donors (Lipinski definition) is 15. The van der Waals surface area contributed by atoms with E-state index in [1.54, 1.807) is 91.1 Å². The number of hydrogen-bond acceptors (Lipinski definition) is 15. The number of carbonyl (C=O) groups excluding carboxylic acids is 8. The van der Waals surface area contributed by atoms with Crippen molar-refractivity contribution in [3.05, 3.63) is 141 Å². The molecule has 6 rings (SSSR count). The fourth-order valence-corrected chi connectivity index (χ4v) is 12.3. The third kappa shape index (κ3) is 20.2. The Morgan fingerprint density at radius 3 is 1.97 bits per heavy atom. The highest BCUT2D eigenvalue weighted by atomic mass is 127. The number of benzene rings is 4. The van der Waals surface area contributed by atoms with Crippen LogP contribution in [-0.2, 0) is 64.2 Å². The minimum absolute atomic E-state index is 0.0324. The molecule has 5 aromatic rings. The van der Waals surface area contributed by atoms with Crippen molar-refractivity contribution >= 4 is 114 Å². The van der Waals surface area contributed by atoms with Crippen LogP contribution in [0.15, 0.2) is 114 Å². The summed E-state index contributed by atoms with van der Waals surface area (Å²) in [5.74, 6) is -9.60. The van der Waals surface area contributed by atoms with E-state index >= 15 is 9.59 Å². The van der Waals surface area contributed by atoms with E-state index in [2.05, 4.69) is 52.5 Å². The van der Waals surface area contributed by atoms with Crippen molar-refractivity contribution < 1.29 is 58.5 Å². The van der Waals surface area contributed by atoms with Crippen LogP contribution in [-0.4, -0.2) is 158 Å². The Hall–Kier alpha value is -7.77. The first-order chi connectivity index (χ1) is 41.1. The fourth-order valence-electron chi connectivity index (χ4n) is 9.12. The average Bonchev–Trinajstić information content (AvgIpc) is 3.82. The summed E-state index contributed by atoms with van der Waals surface area (Å²) in [5, 5.41) is 53.1. The molecule has 10 atom stereocenters. The molecule has 0 radical (unpaired) electrons. The van der Waals surface area contributed by atoms with Crippen molar-refractivity contribution in [2.45, 2.75) is 119 Å². The highest BCUT2D eigenvalue weighted by Crippen LogP contribution is 2.25. The number of nitrogens with one attached hydrogen (secondary N) is 9. The van der Waals surface area contributed by atoms with Crippen LogP contribution in [0.2, 0.25) is 0 Å². The van der Waals surface area contributed by atoms with Crippen molar-refractivity contribution in [1.29, 1.82) is 0 Å². The average molecular weight is 1330 g/mol. The molecule has 0 bridgehead atoms. The Balaban J connectivity index is 1.43. The van der Waals surface area contributed by atoms with E-state index in [1.165, 1.54) is 6.92 Å². The summed E-state index contributed by atoms with van der Waals surface area (Å²) in [6.45, 7) is 2.69. The maximum absolute atomic E-state index is 15.1. The lowest BCUT2D eigenvalue weighted by molar-refractivity contribution is -0.145. The Kier molecular flexibility index (Phi) is 26.0. The Bertz CT molecular complexity index is 3210. The number of nitrogens with two attached hydrogens (primary N) is 3. The zero-order chi connectivity index (χ0) is 62.5. The number of fused-ring (bicyclic) bond motifs is 1. The topological polar surface area (TPSA) is 417 Å². The van der Waals surface area contributed by atoms with Crippen molar-refractivity contribution in [3.8, 4) is 0 Å². The first-order valence-electron chi connectivity index (χ1n) is 27.6. The molecule has 86 heavy (non-hydrogen) atoms. The summed E-state index contributed by atoms with van der Waals surface area (Å²) in [5.41, 5.74) is 20.3. The third-order valence-electron chi connectivity index (χ3n) is 13.8. The normalized spacial score (nSPS) is 20.7. The molecule has 460 valence electrons. The highest BCUT2D eigenvalue weighted by Gasteiger charge is 2.38. The van der Waals surface area contributed by atoms with E-state index in [1.807, 2.05) is 40.8 Å². The number of amides is 8. The number of para-hydroxylation sites is 1. The van der Waals surface area contributed by atoms with E-state index in [0.29, 0.717) is 38.7 Å². The maximum atomic E-state index is 15.1. The van der Waals surface area contributed by atoms with Crippen LogP contribution in [0.4, 0.5) is 0 Å². The molecule has 0 aliphatic carbocycles. The molecule has 1 aliphatic heterocycles. The van der Waals surface area contributed by atoms with Gasteiger partial charge < -0.3 is 80.0 Å². The number of aliphatic hydroxyl groups excluding tert-OH is 2. The molecule has 0 spiro atoms. The molecule has 8 amide bonds. The number of aliphatic carboxylic acids is 1. The number of aromatic amines is 1. The van der Waals surface area contributed by atoms with Gasteiger partial charge in [-0.25, -0.2) is 9.79 Å². The van der Waals surface area contributed by atoms with Crippen LogP contribution in [0.1, 0.15) is 65.7 Å². The molecule has 1 saturated heterocycles. The molecule has 1 aliphatic rings. The Morgan fingerprint density at radius 1 is 0.709 bits per heavy atom. The molecular formula is C58H72IN13O12S2. The van der Waals surface area contributed by atoms with Gasteiger partial charge in [0.25, 0.3) is 5.91 Å². The van der Waals surface area contributed by atoms with Gasteiger partial charge in [-0.05, 0) is 103 Å². The summed E-state index contributed by atoms with van der Waals surface area (Å²) in [6.07, 6.45) is -1.24. The number of carboxylic acids is 1. The van der Waals surface area contributed by atoms with E-state index in [0.717, 1.165) is 39.4 Å². The molecule has 0 saturated carbocycles. The van der Waals surface area contributed by atoms with Crippen LogP contribution >= 0.6 is 44.2 Å². The number of aromatic nitrogens is 1. The van der Waals surface area contributed by atoms with Gasteiger partial charge in [0.2, 0.25) is 41.4 Å². The van der Waals surface area contributed by atoms with Gasteiger partial charge in [-0.3, -0.25) is 38.4 Å². The standard InChI is InChI=1S/C58H72IN13O12S2/c1-31(73)47-56(82)70-46(55(81)72-48(32(2)74)57(83)84)30-86-85-29-45(69-52(78)42(24-33-13-5-3-6-14-33)66-49(75)38-21-20-35(23-39(38)59)27-64-58(61)62)54(80)67-43(25-34-15-7-4-8-16-34)51(77)68-44(26-36-28-63-40-18-10-9-17-37(36)40)53(79)65-41(50(76)71-47)19-11-12-22-60/h3-10,13-18,20-21,23,28,31-32,41-48,63,73-74H,11-12,19,22,24-27,29-30,60H2,1-2H3,(H,65,79)(H,66,75)(H,67,80)(H,68,77)(H,69,78)(H,70,82)(H,71,76)(H,72,81)(H,83,84)(H4,61,62,64)/t31-,32-,41+,42-,43?,44+,45+,46?,47?,48+/m1/s1. The number of rotatable bonds is 21. The molecule has 25 nitrogen and oxygen atoms in total. The summed E-state index contributed by atoms with van der Waals surface area (Å²) in [6, 6.07) is 17.1. The van der Waals surface area contributed by atoms with Gasteiger partial charge in [-0.2, -0.15) is 0 Å². The lowest BCUT2D eigenvalue weighted by atomic mass is 10.0. The molecule has 28 heteroatoms. The number of aliphatic imine (C=N–C) groups is 1. The number of H-pyrrole nitrogens is 1. The molecule has 4 aromatic carbocycles. The van der Waals surface area contributed by atoms with Gasteiger partial charge in [0.1, 0.15) is 42.3 Å². The smallest absolute Gasteiger partial charge is 0.328 e. The number of guanidine groups is 1. The van der Waals surface area contributed by atoms with E-state index in [9.17, 15) is 48.9 Å². The quantitative estimate of drug-likeness (QED) is 0.0153.